The van der Waals surface area contributed by atoms with Crippen LogP contribution in [-0.2, 0) is 19.6 Å². The number of nitrogens with one attached hydrogen (secondary N) is 3. The summed E-state index contributed by atoms with van der Waals surface area (Å²) in [6.45, 7) is 0.555. The number of carboxylic acids is 1. The van der Waals surface area contributed by atoms with Crippen LogP contribution < -0.4 is 10.0 Å². The number of hydrogen-bond acceptors (Lipinski definition) is 5. The molecule has 9 nitrogen and oxygen atoms in total. The fraction of sp³-hybridized carbons (Fsp3) is 0.500. The number of carboxylic acid groups (broad SMARTS) is 1. The van der Waals surface area contributed by atoms with Gasteiger partial charge in [0.05, 0.1) is 6.61 Å². The lowest BCUT2D eigenvalue weighted by Crippen LogP contribution is -2.27. The van der Waals surface area contributed by atoms with Crippen LogP contribution in [0.2, 0.25) is 0 Å². The van der Waals surface area contributed by atoms with Crippen LogP contribution in [0.25, 0.3) is 0 Å². The Labute approximate surface area is 128 Å². The molecule has 22 heavy (non-hydrogen) atoms. The maximum Gasteiger partial charge on any atom is 0.303 e. The van der Waals surface area contributed by atoms with Crippen LogP contribution in [0, 0.1) is 0 Å². The molecule has 0 aliphatic heterocycles. The van der Waals surface area contributed by atoms with Crippen molar-refractivity contribution in [2.75, 3.05) is 26.8 Å². The minimum atomic E-state index is -3.70. The molecule has 1 aromatic heterocycles. The minimum Gasteiger partial charge on any atom is -0.481 e. The van der Waals surface area contributed by atoms with Crippen molar-refractivity contribution in [2.24, 2.45) is 0 Å². The first-order valence-corrected chi connectivity index (χ1v) is 8.02. The van der Waals surface area contributed by atoms with Gasteiger partial charge in [0.15, 0.2) is 0 Å². The Morgan fingerprint density at radius 2 is 2.09 bits per heavy atom. The van der Waals surface area contributed by atoms with Gasteiger partial charge < -0.3 is 20.1 Å². The predicted molar refractivity (Wildman–Crippen MR) is 77.1 cm³/mol. The van der Waals surface area contributed by atoms with Gasteiger partial charge >= 0.3 is 5.97 Å². The van der Waals surface area contributed by atoms with Crippen LogP contribution in [0.15, 0.2) is 17.2 Å². The van der Waals surface area contributed by atoms with Crippen LogP contribution >= 0.6 is 0 Å². The van der Waals surface area contributed by atoms with Gasteiger partial charge in [0, 0.05) is 32.8 Å². The van der Waals surface area contributed by atoms with Gasteiger partial charge in [0.25, 0.3) is 5.91 Å². The number of rotatable bonds is 10. The van der Waals surface area contributed by atoms with E-state index in [2.05, 4.69) is 15.0 Å². The quantitative estimate of drug-likeness (QED) is 0.427. The van der Waals surface area contributed by atoms with Gasteiger partial charge in [-0.2, -0.15) is 0 Å². The number of amides is 1. The molecular formula is C12H19N3O6S. The number of methoxy groups -OCH3 is 1. The molecule has 1 rings (SSSR count). The minimum absolute atomic E-state index is 0.0476. The van der Waals surface area contributed by atoms with E-state index in [0.29, 0.717) is 6.42 Å². The molecule has 1 aromatic rings. The largest absolute Gasteiger partial charge is 0.481 e. The molecule has 124 valence electrons. The maximum atomic E-state index is 11.9. The van der Waals surface area contributed by atoms with Crippen molar-refractivity contribution in [1.29, 1.82) is 0 Å². The summed E-state index contributed by atoms with van der Waals surface area (Å²) in [5.74, 6) is -1.44. The molecule has 4 N–H and O–H groups in total. The number of aliphatic carboxylic acids is 1. The van der Waals surface area contributed by atoms with Gasteiger partial charge in [-0.3, -0.25) is 9.59 Å². The lowest BCUT2D eigenvalue weighted by atomic mass is 10.3. The second-order valence-electron chi connectivity index (χ2n) is 4.39. The Kier molecular flexibility index (Phi) is 7.02. The normalized spacial score (nSPS) is 11.3. The summed E-state index contributed by atoms with van der Waals surface area (Å²) in [4.78, 5) is 24.6. The Hall–Kier alpha value is -1.91. The molecule has 0 aromatic carbocycles. The first-order valence-electron chi connectivity index (χ1n) is 6.54. The summed E-state index contributed by atoms with van der Waals surface area (Å²) in [6, 6.07) is 1.21. The molecular weight excluding hydrogens is 314 g/mol. The summed E-state index contributed by atoms with van der Waals surface area (Å²) < 4.78 is 30.9. The number of sulfonamides is 1. The number of ether oxygens (including phenoxy) is 1. The molecule has 0 atom stereocenters. The van der Waals surface area contributed by atoms with E-state index in [0.717, 1.165) is 0 Å². The predicted octanol–water partition coefficient (Wildman–Crippen LogP) is -0.466. The highest BCUT2D eigenvalue weighted by atomic mass is 32.2. The second-order valence-corrected chi connectivity index (χ2v) is 6.16. The third kappa shape index (κ3) is 5.84. The highest BCUT2D eigenvalue weighted by molar-refractivity contribution is 7.89. The summed E-state index contributed by atoms with van der Waals surface area (Å²) in [7, 11) is -2.24. The van der Waals surface area contributed by atoms with E-state index in [1.54, 1.807) is 0 Å². The van der Waals surface area contributed by atoms with Crippen LogP contribution in [0.4, 0.5) is 0 Å². The van der Waals surface area contributed by atoms with Crippen LogP contribution in [-0.4, -0.2) is 57.2 Å². The van der Waals surface area contributed by atoms with Crippen molar-refractivity contribution in [2.45, 2.75) is 17.7 Å². The molecule has 0 fully saturated rings. The fourth-order valence-electron chi connectivity index (χ4n) is 1.56. The summed E-state index contributed by atoms with van der Waals surface area (Å²) in [5.41, 5.74) is 0.0856. The topological polar surface area (TPSA) is 138 Å². The molecule has 0 aliphatic rings. The number of carbonyl (C=O) groups is 2. The third-order valence-electron chi connectivity index (χ3n) is 2.66. The van der Waals surface area contributed by atoms with Crippen molar-refractivity contribution in [3.63, 3.8) is 0 Å². The summed E-state index contributed by atoms with van der Waals surface area (Å²) in [5, 5.41) is 11.0. The molecule has 0 aliphatic carbocycles. The molecule has 10 heteroatoms. The van der Waals surface area contributed by atoms with E-state index in [1.807, 2.05) is 0 Å². The van der Waals surface area contributed by atoms with Crippen molar-refractivity contribution in [3.8, 4) is 0 Å². The zero-order chi connectivity index (χ0) is 16.6. The van der Waals surface area contributed by atoms with E-state index in [-0.39, 0.29) is 36.7 Å². The van der Waals surface area contributed by atoms with Crippen LogP contribution in [0.5, 0.6) is 0 Å². The smallest absolute Gasteiger partial charge is 0.303 e. The number of aromatic amines is 1. The molecule has 0 spiro atoms. The molecule has 0 unspecified atom stereocenters. The monoisotopic (exact) mass is 333 g/mol. The standard InChI is InChI=1S/C12H19N3O6S/c1-21-6-5-15-22(19,20)9-7-10(14-8-9)12(18)13-4-2-3-11(16)17/h7-8,14-15H,2-6H2,1H3,(H,13,18)(H,16,17). The van der Waals surface area contributed by atoms with Crippen molar-refractivity contribution < 1.29 is 27.9 Å². The first-order chi connectivity index (χ1) is 10.4. The molecule has 1 heterocycles. The van der Waals surface area contributed by atoms with Crippen LogP contribution in [0.3, 0.4) is 0 Å². The van der Waals surface area contributed by atoms with Crippen LogP contribution in [0.1, 0.15) is 23.3 Å². The highest BCUT2D eigenvalue weighted by Crippen LogP contribution is 2.10. The third-order valence-corrected chi connectivity index (χ3v) is 4.10. The lowest BCUT2D eigenvalue weighted by molar-refractivity contribution is -0.137. The summed E-state index contributed by atoms with van der Waals surface area (Å²) in [6.07, 6.45) is 1.46. The van der Waals surface area contributed by atoms with Gasteiger partial charge in [-0.25, -0.2) is 13.1 Å². The number of H-pyrrole nitrogens is 1. The maximum absolute atomic E-state index is 11.9. The van der Waals surface area contributed by atoms with E-state index in [4.69, 9.17) is 9.84 Å². The van der Waals surface area contributed by atoms with Gasteiger partial charge in [0.1, 0.15) is 10.6 Å². The highest BCUT2D eigenvalue weighted by Gasteiger charge is 2.17. The van der Waals surface area contributed by atoms with E-state index in [9.17, 15) is 18.0 Å². The van der Waals surface area contributed by atoms with Gasteiger partial charge in [-0.05, 0) is 12.5 Å². The first kappa shape index (κ1) is 18.1. The molecule has 0 saturated carbocycles. The van der Waals surface area contributed by atoms with Crippen molar-refractivity contribution >= 4 is 21.9 Å². The summed E-state index contributed by atoms with van der Waals surface area (Å²) >= 11 is 0. The average molecular weight is 333 g/mol. The van der Waals surface area contributed by atoms with Crippen molar-refractivity contribution in [3.05, 3.63) is 18.0 Å². The SMILES string of the molecule is COCCNS(=O)(=O)c1c[nH]c(C(=O)NCCCC(=O)O)c1. The second kappa shape index (κ2) is 8.51. The zero-order valence-corrected chi connectivity index (χ0v) is 12.9. The van der Waals surface area contributed by atoms with Crippen molar-refractivity contribution in [1.82, 2.24) is 15.0 Å². The molecule has 0 radical (unpaired) electrons. The van der Waals surface area contributed by atoms with Gasteiger partial charge in [-0.1, -0.05) is 0 Å². The van der Waals surface area contributed by atoms with Gasteiger partial charge in [-0.15, -0.1) is 0 Å². The van der Waals surface area contributed by atoms with Gasteiger partial charge in [0.2, 0.25) is 10.0 Å². The Morgan fingerprint density at radius 1 is 1.36 bits per heavy atom. The molecule has 0 bridgehead atoms. The average Bonchev–Trinajstić information content (AvgIpc) is 2.94. The lowest BCUT2D eigenvalue weighted by Gasteiger charge is -2.03. The van der Waals surface area contributed by atoms with E-state index < -0.39 is 21.9 Å². The zero-order valence-electron chi connectivity index (χ0n) is 12.1. The van der Waals surface area contributed by atoms with E-state index in [1.165, 1.54) is 19.4 Å². The Bertz CT molecular complexity index is 610. The Morgan fingerprint density at radius 3 is 2.73 bits per heavy atom. The number of aromatic nitrogens is 1. The van der Waals surface area contributed by atoms with E-state index >= 15 is 0 Å². The molecule has 1 amide bonds. The number of carbonyl (C=O) groups excluding carboxylic acids is 1. The molecule has 0 saturated heterocycles. The number of hydrogen-bond donors (Lipinski definition) is 4. The Balaban J connectivity index is 2.55. The fourth-order valence-corrected chi connectivity index (χ4v) is 2.56.